The zero-order chi connectivity index (χ0) is 20.3. The Bertz CT molecular complexity index is 533. The summed E-state index contributed by atoms with van der Waals surface area (Å²) in [5.41, 5.74) is 2.81. The maximum atomic E-state index is 10.7. The minimum absolute atomic E-state index is 0.227. The summed E-state index contributed by atoms with van der Waals surface area (Å²) in [6, 6.07) is 6.45. The average molecular weight is 399 g/mol. The van der Waals surface area contributed by atoms with E-state index in [1.807, 2.05) is 0 Å². The molecule has 0 spiro atoms. The summed E-state index contributed by atoms with van der Waals surface area (Å²) in [5.74, 6) is 0.260. The van der Waals surface area contributed by atoms with Crippen LogP contribution in [0.5, 0.6) is 0 Å². The second kappa shape index (κ2) is 12.7. The first-order valence-corrected chi connectivity index (χ1v) is 10.7. The lowest BCUT2D eigenvalue weighted by Crippen LogP contribution is -2.15. The van der Waals surface area contributed by atoms with Gasteiger partial charge in [-0.1, -0.05) is 72.4 Å². The fourth-order valence-corrected chi connectivity index (χ4v) is 3.04. The van der Waals surface area contributed by atoms with Crippen LogP contribution in [0.3, 0.4) is 0 Å². The summed E-state index contributed by atoms with van der Waals surface area (Å²) in [4.78, 5) is 11.7. The Morgan fingerprint density at radius 2 is 1.69 bits per heavy atom. The Morgan fingerprint density at radius 3 is 2.12 bits per heavy atom. The normalized spacial score (nSPS) is 12.5. The first-order chi connectivity index (χ1) is 12.0. The van der Waals surface area contributed by atoms with Gasteiger partial charge in [0.25, 0.3) is 0 Å². The highest BCUT2D eigenvalue weighted by Crippen LogP contribution is 2.25. The zero-order valence-corrected chi connectivity index (χ0v) is 19.2. The average Bonchev–Trinajstić information content (AvgIpc) is 2.52. The lowest BCUT2D eigenvalue weighted by atomic mass is 9.87. The van der Waals surface area contributed by atoms with E-state index in [4.69, 9.17) is 5.11 Å². The van der Waals surface area contributed by atoms with Crippen molar-refractivity contribution in [2.24, 2.45) is 11.8 Å². The van der Waals surface area contributed by atoms with Crippen LogP contribution < -0.4 is 0 Å². The van der Waals surface area contributed by atoms with E-state index in [1.54, 1.807) is 0 Å². The minimum Gasteiger partial charge on any atom is -0.481 e. The van der Waals surface area contributed by atoms with Crippen molar-refractivity contribution < 1.29 is 9.90 Å². The van der Waals surface area contributed by atoms with Crippen molar-refractivity contribution in [2.45, 2.75) is 84.0 Å². The summed E-state index contributed by atoms with van der Waals surface area (Å²) in [7, 11) is 0. The molecule has 2 nitrogen and oxygen atoms in total. The molecule has 0 aromatic heterocycles. The van der Waals surface area contributed by atoms with Crippen LogP contribution >= 0.6 is 25.3 Å². The lowest BCUT2D eigenvalue weighted by molar-refractivity contribution is -0.141. The van der Waals surface area contributed by atoms with E-state index in [1.165, 1.54) is 24.0 Å². The van der Waals surface area contributed by atoms with E-state index in [9.17, 15) is 4.79 Å². The van der Waals surface area contributed by atoms with Gasteiger partial charge in [0.15, 0.2) is 0 Å². The molecule has 1 N–H and O–H groups in total. The van der Waals surface area contributed by atoms with Gasteiger partial charge in [-0.05, 0) is 41.9 Å². The van der Waals surface area contributed by atoms with Crippen molar-refractivity contribution in [1.82, 2.24) is 0 Å². The number of benzene rings is 1. The molecular weight excluding hydrogens is 360 g/mol. The third kappa shape index (κ3) is 11.2. The van der Waals surface area contributed by atoms with Crippen molar-refractivity contribution in [3.63, 3.8) is 0 Å². The Labute approximate surface area is 172 Å². The Hall–Kier alpha value is -0.610. The predicted octanol–water partition coefficient (Wildman–Crippen LogP) is 6.80. The summed E-state index contributed by atoms with van der Waals surface area (Å²) in [6.45, 7) is 13.1. The fourth-order valence-electron chi connectivity index (χ4n) is 2.49. The maximum Gasteiger partial charge on any atom is 0.307 e. The van der Waals surface area contributed by atoms with Gasteiger partial charge >= 0.3 is 5.97 Å². The molecule has 4 heteroatoms. The van der Waals surface area contributed by atoms with Crippen molar-refractivity contribution >= 4 is 31.2 Å². The van der Waals surface area contributed by atoms with E-state index in [2.05, 4.69) is 85.0 Å². The van der Waals surface area contributed by atoms with Gasteiger partial charge in [0.1, 0.15) is 0 Å². The number of aliphatic carboxylic acids is 1. The summed E-state index contributed by atoms with van der Waals surface area (Å²) in [5, 5.41) is 8.77. The van der Waals surface area contributed by atoms with Crippen LogP contribution in [-0.4, -0.2) is 16.8 Å². The summed E-state index contributed by atoms with van der Waals surface area (Å²) in [6.07, 6.45) is 5.41. The lowest BCUT2D eigenvalue weighted by Gasteiger charge is -2.19. The molecule has 0 fully saturated rings. The molecule has 1 atom stereocenters. The van der Waals surface area contributed by atoms with Gasteiger partial charge in [-0.3, -0.25) is 4.79 Å². The number of hydrogen-bond acceptors (Lipinski definition) is 3. The van der Waals surface area contributed by atoms with Crippen LogP contribution in [0.15, 0.2) is 23.1 Å². The van der Waals surface area contributed by atoms with E-state index in [0.29, 0.717) is 5.75 Å². The van der Waals surface area contributed by atoms with Gasteiger partial charge in [-0.2, -0.15) is 12.6 Å². The number of carbonyl (C=O) groups is 1. The van der Waals surface area contributed by atoms with Crippen LogP contribution in [0, 0.1) is 18.8 Å². The molecule has 0 amide bonds. The number of carboxylic acids is 1. The van der Waals surface area contributed by atoms with Crippen LogP contribution in [0.25, 0.3) is 0 Å². The molecule has 0 bridgehead atoms. The molecule has 0 saturated carbocycles. The standard InChI is InChI=1S/C11H22O2S.C11H16S/c1-9(2)6-4-3-5-7-10(8-14)11(12)13;1-8-5-6-9(7-10(8)12)11(2,3)4/h9-10,14H,3-8H2,1-2H3,(H,12,13);5-7,12H,1-4H3. The van der Waals surface area contributed by atoms with E-state index >= 15 is 0 Å². The molecule has 0 heterocycles. The third-order valence-corrected chi connectivity index (χ3v) is 5.40. The van der Waals surface area contributed by atoms with Crippen LogP contribution in [0.1, 0.15) is 77.8 Å². The number of carboxylic acid groups (broad SMARTS) is 1. The molecule has 1 aromatic carbocycles. The highest BCUT2D eigenvalue weighted by Gasteiger charge is 2.14. The highest BCUT2D eigenvalue weighted by molar-refractivity contribution is 7.80. The molecular formula is C22H38O2S2. The first-order valence-electron chi connectivity index (χ1n) is 9.62. The third-order valence-electron chi connectivity index (χ3n) is 4.48. The summed E-state index contributed by atoms with van der Waals surface area (Å²) < 4.78 is 0. The van der Waals surface area contributed by atoms with Crippen molar-refractivity contribution in [2.75, 3.05) is 5.75 Å². The molecule has 0 radical (unpaired) electrons. The number of hydrogen-bond donors (Lipinski definition) is 3. The first kappa shape index (κ1) is 25.4. The monoisotopic (exact) mass is 398 g/mol. The quantitative estimate of drug-likeness (QED) is 0.332. The van der Waals surface area contributed by atoms with Gasteiger partial charge < -0.3 is 5.11 Å². The number of aryl methyl sites for hydroxylation is 1. The topological polar surface area (TPSA) is 37.3 Å². The fraction of sp³-hybridized carbons (Fsp3) is 0.682. The van der Waals surface area contributed by atoms with Gasteiger partial charge in [0.2, 0.25) is 0 Å². The second-order valence-corrected chi connectivity index (χ2v) is 9.35. The molecule has 150 valence electrons. The molecule has 1 rings (SSSR count). The minimum atomic E-state index is -0.705. The van der Waals surface area contributed by atoms with E-state index in [-0.39, 0.29) is 11.3 Å². The Kier molecular flexibility index (Phi) is 12.4. The summed E-state index contributed by atoms with van der Waals surface area (Å²) >= 11 is 8.43. The molecule has 0 aliphatic rings. The van der Waals surface area contributed by atoms with Crippen LogP contribution in [-0.2, 0) is 10.2 Å². The van der Waals surface area contributed by atoms with E-state index < -0.39 is 5.97 Å². The maximum absolute atomic E-state index is 10.7. The Morgan fingerprint density at radius 1 is 1.12 bits per heavy atom. The molecule has 26 heavy (non-hydrogen) atoms. The number of thiol groups is 2. The SMILES string of the molecule is CC(C)CCCCCC(CS)C(=O)O.Cc1ccc(C(C)(C)C)cc1S. The van der Waals surface area contributed by atoms with Crippen LogP contribution in [0.2, 0.25) is 0 Å². The molecule has 0 aliphatic heterocycles. The van der Waals surface area contributed by atoms with Crippen molar-refractivity contribution in [3.05, 3.63) is 29.3 Å². The van der Waals surface area contributed by atoms with Crippen molar-refractivity contribution in [3.8, 4) is 0 Å². The predicted molar refractivity (Wildman–Crippen MR) is 120 cm³/mol. The highest BCUT2D eigenvalue weighted by atomic mass is 32.1. The van der Waals surface area contributed by atoms with Crippen LogP contribution in [0.4, 0.5) is 0 Å². The number of unbranched alkanes of at least 4 members (excludes halogenated alkanes) is 2. The number of rotatable bonds is 8. The molecule has 0 saturated heterocycles. The van der Waals surface area contributed by atoms with Crippen molar-refractivity contribution in [1.29, 1.82) is 0 Å². The zero-order valence-electron chi connectivity index (χ0n) is 17.4. The molecule has 1 aromatic rings. The van der Waals surface area contributed by atoms with Gasteiger partial charge in [0.05, 0.1) is 5.92 Å². The Balaban J connectivity index is 0.000000485. The van der Waals surface area contributed by atoms with Gasteiger partial charge in [-0.15, -0.1) is 12.6 Å². The van der Waals surface area contributed by atoms with Gasteiger partial charge in [0, 0.05) is 10.6 Å². The van der Waals surface area contributed by atoms with E-state index in [0.717, 1.165) is 30.1 Å². The largest absolute Gasteiger partial charge is 0.481 e. The molecule has 0 aliphatic carbocycles. The smallest absolute Gasteiger partial charge is 0.307 e. The second-order valence-electron chi connectivity index (χ2n) is 8.50. The molecule has 1 unspecified atom stereocenters. The van der Waals surface area contributed by atoms with Gasteiger partial charge in [-0.25, -0.2) is 0 Å².